The van der Waals surface area contributed by atoms with Crippen molar-refractivity contribution >= 4 is 50.8 Å². The zero-order valence-corrected chi connectivity index (χ0v) is 18.3. The summed E-state index contributed by atoms with van der Waals surface area (Å²) in [7, 11) is 0. The van der Waals surface area contributed by atoms with Gasteiger partial charge in [0.15, 0.2) is 0 Å². The van der Waals surface area contributed by atoms with Crippen molar-refractivity contribution in [1.29, 1.82) is 0 Å². The molecule has 2 aromatic carbocycles. The van der Waals surface area contributed by atoms with Crippen molar-refractivity contribution in [3.05, 3.63) is 60.4 Å². The SMILES string of the molecule is Cc1n[nH]c2cc(Nc3nc(Nc4ccc(N5CCNCC5)cc4)nc4[nH]ccc34)ccc12. The van der Waals surface area contributed by atoms with Crippen LogP contribution in [0.3, 0.4) is 0 Å². The van der Waals surface area contributed by atoms with Gasteiger partial charge in [-0.3, -0.25) is 5.10 Å². The maximum atomic E-state index is 4.76. The van der Waals surface area contributed by atoms with Crippen LogP contribution in [-0.4, -0.2) is 51.3 Å². The fourth-order valence-electron chi connectivity index (χ4n) is 4.27. The number of hydrogen-bond acceptors (Lipinski definition) is 7. The van der Waals surface area contributed by atoms with Crippen LogP contribution >= 0.6 is 0 Å². The van der Waals surface area contributed by atoms with E-state index in [2.05, 4.69) is 71.3 Å². The Morgan fingerprint density at radius 2 is 1.70 bits per heavy atom. The zero-order valence-electron chi connectivity index (χ0n) is 18.3. The van der Waals surface area contributed by atoms with E-state index in [9.17, 15) is 0 Å². The maximum Gasteiger partial charge on any atom is 0.231 e. The van der Waals surface area contributed by atoms with Gasteiger partial charge in [0.25, 0.3) is 0 Å². The Balaban J connectivity index is 1.26. The number of fused-ring (bicyclic) bond motifs is 2. The molecule has 0 spiro atoms. The monoisotopic (exact) mass is 439 g/mol. The third-order valence-corrected chi connectivity index (χ3v) is 6.04. The zero-order chi connectivity index (χ0) is 22.2. The molecule has 33 heavy (non-hydrogen) atoms. The molecular formula is C24H25N9. The number of nitrogens with one attached hydrogen (secondary N) is 5. The second-order valence-electron chi connectivity index (χ2n) is 8.24. The molecule has 0 bridgehead atoms. The Morgan fingerprint density at radius 3 is 2.55 bits per heavy atom. The van der Waals surface area contributed by atoms with E-state index in [1.807, 2.05) is 31.3 Å². The summed E-state index contributed by atoms with van der Waals surface area (Å²) in [5.74, 6) is 1.26. The van der Waals surface area contributed by atoms with Gasteiger partial charge in [0.1, 0.15) is 11.5 Å². The largest absolute Gasteiger partial charge is 0.369 e. The van der Waals surface area contributed by atoms with Crippen molar-refractivity contribution in [1.82, 2.24) is 30.5 Å². The van der Waals surface area contributed by atoms with Gasteiger partial charge < -0.3 is 25.8 Å². The second kappa shape index (κ2) is 8.10. The molecule has 6 rings (SSSR count). The van der Waals surface area contributed by atoms with E-state index < -0.39 is 0 Å². The number of aromatic nitrogens is 5. The highest BCUT2D eigenvalue weighted by Gasteiger charge is 2.12. The molecule has 9 heteroatoms. The number of rotatable bonds is 5. The number of anilines is 5. The van der Waals surface area contributed by atoms with Crippen LogP contribution in [-0.2, 0) is 0 Å². The fraction of sp³-hybridized carbons (Fsp3) is 0.208. The molecule has 9 nitrogen and oxygen atoms in total. The highest BCUT2D eigenvalue weighted by atomic mass is 15.2. The van der Waals surface area contributed by atoms with E-state index in [4.69, 9.17) is 4.98 Å². The van der Waals surface area contributed by atoms with E-state index in [1.54, 1.807) is 0 Å². The Kier molecular flexibility index (Phi) is 4.80. The number of nitrogens with zero attached hydrogens (tertiary/aromatic N) is 4. The van der Waals surface area contributed by atoms with Gasteiger partial charge in [-0.05, 0) is 55.5 Å². The van der Waals surface area contributed by atoms with Crippen molar-refractivity contribution < 1.29 is 0 Å². The van der Waals surface area contributed by atoms with Gasteiger partial charge in [-0.2, -0.15) is 15.1 Å². The molecule has 3 aromatic heterocycles. The molecule has 5 aromatic rings. The van der Waals surface area contributed by atoms with Gasteiger partial charge in [0.05, 0.1) is 16.6 Å². The number of piperazine rings is 1. The molecule has 5 N–H and O–H groups in total. The first-order valence-electron chi connectivity index (χ1n) is 11.1. The highest BCUT2D eigenvalue weighted by Crippen LogP contribution is 2.28. The lowest BCUT2D eigenvalue weighted by molar-refractivity contribution is 0.589. The minimum absolute atomic E-state index is 0.529. The predicted molar refractivity (Wildman–Crippen MR) is 133 cm³/mol. The van der Waals surface area contributed by atoms with Crippen molar-refractivity contribution in [3.8, 4) is 0 Å². The third-order valence-electron chi connectivity index (χ3n) is 6.04. The summed E-state index contributed by atoms with van der Waals surface area (Å²) >= 11 is 0. The van der Waals surface area contributed by atoms with Crippen molar-refractivity contribution in [2.75, 3.05) is 41.7 Å². The van der Waals surface area contributed by atoms with Gasteiger partial charge in [-0.1, -0.05) is 0 Å². The minimum atomic E-state index is 0.529. The topological polar surface area (TPSA) is 110 Å². The van der Waals surface area contributed by atoms with E-state index in [1.165, 1.54) is 5.69 Å². The van der Waals surface area contributed by atoms with Crippen molar-refractivity contribution in [2.45, 2.75) is 6.92 Å². The first-order valence-corrected chi connectivity index (χ1v) is 11.1. The summed E-state index contributed by atoms with van der Waals surface area (Å²) in [4.78, 5) is 15.0. The summed E-state index contributed by atoms with van der Waals surface area (Å²) in [6.45, 7) is 6.09. The number of benzene rings is 2. The Labute approximate surface area is 190 Å². The van der Waals surface area contributed by atoms with Crippen LogP contribution in [0.25, 0.3) is 21.9 Å². The molecule has 0 unspecified atom stereocenters. The van der Waals surface area contributed by atoms with Gasteiger partial charge in [0, 0.05) is 54.8 Å². The molecule has 1 aliphatic rings. The molecule has 0 atom stereocenters. The predicted octanol–water partition coefficient (Wildman–Crippen LogP) is 4.04. The number of aryl methyl sites for hydroxylation is 1. The maximum absolute atomic E-state index is 4.76. The Morgan fingerprint density at radius 1 is 0.879 bits per heavy atom. The van der Waals surface area contributed by atoms with Gasteiger partial charge in [-0.25, -0.2) is 0 Å². The summed E-state index contributed by atoms with van der Waals surface area (Å²) in [5.41, 5.74) is 5.85. The van der Waals surface area contributed by atoms with Crippen LogP contribution in [0.15, 0.2) is 54.7 Å². The average Bonchev–Trinajstić information content (AvgIpc) is 3.47. The Hall–Kier alpha value is -4.11. The molecule has 0 aliphatic carbocycles. The molecule has 0 amide bonds. The van der Waals surface area contributed by atoms with Gasteiger partial charge in [-0.15, -0.1) is 0 Å². The molecule has 4 heterocycles. The van der Waals surface area contributed by atoms with E-state index in [0.29, 0.717) is 5.95 Å². The van der Waals surface area contributed by atoms with Crippen molar-refractivity contribution in [3.63, 3.8) is 0 Å². The lowest BCUT2D eigenvalue weighted by Gasteiger charge is -2.29. The molecule has 1 aliphatic heterocycles. The number of aromatic amines is 2. The number of hydrogen-bond donors (Lipinski definition) is 5. The first-order chi connectivity index (χ1) is 16.2. The minimum Gasteiger partial charge on any atom is -0.369 e. The summed E-state index contributed by atoms with van der Waals surface area (Å²) in [6, 6.07) is 16.5. The molecule has 0 saturated carbocycles. The van der Waals surface area contributed by atoms with E-state index in [0.717, 1.165) is 71.0 Å². The standard InChI is InChI=1S/C24H25N9/c1-15-19-7-4-17(14-21(19)32-31-15)27-23-20-8-9-26-22(20)29-24(30-23)28-16-2-5-18(6-3-16)33-12-10-25-11-13-33/h2-9,14,25H,10-13H2,1H3,(H,31,32)(H3,26,27,28,29,30). The second-order valence-corrected chi connectivity index (χ2v) is 8.24. The molecule has 0 radical (unpaired) electrons. The van der Waals surface area contributed by atoms with Crippen LogP contribution in [0, 0.1) is 6.92 Å². The van der Waals surface area contributed by atoms with Gasteiger partial charge >= 0.3 is 0 Å². The summed E-state index contributed by atoms with van der Waals surface area (Å²) in [5, 5.41) is 19.6. The summed E-state index contributed by atoms with van der Waals surface area (Å²) in [6.07, 6.45) is 1.87. The molecule has 1 saturated heterocycles. The van der Waals surface area contributed by atoms with Crippen LogP contribution in [0.1, 0.15) is 5.69 Å². The van der Waals surface area contributed by atoms with Crippen LogP contribution < -0.4 is 20.9 Å². The highest BCUT2D eigenvalue weighted by molar-refractivity contribution is 5.92. The molecular weight excluding hydrogens is 414 g/mol. The normalized spacial score (nSPS) is 14.2. The Bertz CT molecular complexity index is 1410. The fourth-order valence-corrected chi connectivity index (χ4v) is 4.27. The lowest BCUT2D eigenvalue weighted by Crippen LogP contribution is -2.43. The molecule has 166 valence electrons. The first kappa shape index (κ1) is 19.6. The van der Waals surface area contributed by atoms with Crippen molar-refractivity contribution in [2.24, 2.45) is 0 Å². The smallest absolute Gasteiger partial charge is 0.231 e. The molecule has 1 fully saturated rings. The quantitative estimate of drug-likeness (QED) is 0.281. The summed E-state index contributed by atoms with van der Waals surface area (Å²) < 4.78 is 0. The van der Waals surface area contributed by atoms with Crippen LogP contribution in [0.2, 0.25) is 0 Å². The van der Waals surface area contributed by atoms with Crippen LogP contribution in [0.5, 0.6) is 0 Å². The van der Waals surface area contributed by atoms with E-state index >= 15 is 0 Å². The lowest BCUT2D eigenvalue weighted by atomic mass is 10.2. The van der Waals surface area contributed by atoms with Crippen LogP contribution in [0.4, 0.5) is 28.8 Å². The average molecular weight is 440 g/mol. The third kappa shape index (κ3) is 3.83. The van der Waals surface area contributed by atoms with Gasteiger partial charge in [0.2, 0.25) is 5.95 Å². The number of H-pyrrole nitrogens is 2. The van der Waals surface area contributed by atoms with E-state index in [-0.39, 0.29) is 0 Å².